The maximum Gasteiger partial charge on any atom is 0.0594 e. The molecule has 1 saturated heterocycles. The quantitative estimate of drug-likeness (QED) is 0.650. The molecule has 0 spiro atoms. The average Bonchev–Trinajstić information content (AvgIpc) is 2.26. The number of nitrogens with one attached hydrogen (secondary N) is 1. The van der Waals surface area contributed by atoms with E-state index in [-0.39, 0.29) is 0 Å². The molecule has 1 rings (SSSR count). The fourth-order valence-corrected chi connectivity index (χ4v) is 2.01. The van der Waals surface area contributed by atoms with Crippen molar-refractivity contribution in [1.29, 1.82) is 0 Å². The van der Waals surface area contributed by atoms with Gasteiger partial charge >= 0.3 is 0 Å². The highest BCUT2D eigenvalue weighted by molar-refractivity contribution is 4.64. The van der Waals surface area contributed by atoms with Gasteiger partial charge in [-0.25, -0.2) is 0 Å². The van der Waals surface area contributed by atoms with Crippen molar-refractivity contribution >= 4 is 0 Å². The lowest BCUT2D eigenvalue weighted by Gasteiger charge is -2.26. The van der Waals surface area contributed by atoms with E-state index in [1.54, 1.807) is 0 Å². The zero-order valence-corrected chi connectivity index (χ0v) is 10.3. The Morgan fingerprint density at radius 3 is 2.73 bits per heavy atom. The molecule has 0 unspecified atom stereocenters. The van der Waals surface area contributed by atoms with Crippen LogP contribution in [0.1, 0.15) is 33.1 Å². The molecular weight excluding hydrogens is 188 g/mol. The lowest BCUT2D eigenvalue weighted by atomic mass is 10.2. The second-order valence-corrected chi connectivity index (χ2v) is 4.45. The monoisotopic (exact) mass is 214 g/mol. The Balaban J connectivity index is 1.91. The van der Waals surface area contributed by atoms with Crippen molar-refractivity contribution in [3.05, 3.63) is 0 Å². The number of rotatable bonds is 7. The molecule has 0 aliphatic carbocycles. The Bertz CT molecular complexity index is 147. The Morgan fingerprint density at radius 1 is 1.33 bits per heavy atom. The normalized spacial score (nSPS) is 20.4. The van der Waals surface area contributed by atoms with Gasteiger partial charge in [0.05, 0.1) is 13.2 Å². The summed E-state index contributed by atoms with van der Waals surface area (Å²) in [4.78, 5) is 2.50. The van der Waals surface area contributed by atoms with Gasteiger partial charge in [-0.1, -0.05) is 13.3 Å². The van der Waals surface area contributed by atoms with Gasteiger partial charge in [0.15, 0.2) is 0 Å². The summed E-state index contributed by atoms with van der Waals surface area (Å²) in [5, 5.41) is 3.57. The molecule has 15 heavy (non-hydrogen) atoms. The summed E-state index contributed by atoms with van der Waals surface area (Å²) in [6, 6.07) is 0.680. The van der Waals surface area contributed by atoms with E-state index in [0.717, 1.165) is 32.8 Å². The molecule has 1 aliphatic heterocycles. The Hall–Kier alpha value is -0.120. The van der Waals surface area contributed by atoms with E-state index in [0.29, 0.717) is 6.04 Å². The van der Waals surface area contributed by atoms with Crippen LogP contribution in [-0.4, -0.2) is 50.3 Å². The summed E-state index contributed by atoms with van der Waals surface area (Å²) in [7, 11) is 0. The smallest absolute Gasteiger partial charge is 0.0594 e. The first-order valence-corrected chi connectivity index (χ1v) is 6.36. The van der Waals surface area contributed by atoms with E-state index in [1.807, 2.05) is 0 Å². The van der Waals surface area contributed by atoms with Crippen molar-refractivity contribution in [2.45, 2.75) is 39.2 Å². The fourth-order valence-electron chi connectivity index (χ4n) is 2.01. The molecule has 1 fully saturated rings. The molecule has 0 amide bonds. The van der Waals surface area contributed by atoms with Gasteiger partial charge in [0, 0.05) is 19.1 Å². The van der Waals surface area contributed by atoms with Crippen molar-refractivity contribution in [2.24, 2.45) is 0 Å². The predicted octanol–water partition coefficient (Wildman–Crippen LogP) is 1.49. The van der Waals surface area contributed by atoms with Gasteiger partial charge in [-0.2, -0.15) is 0 Å². The van der Waals surface area contributed by atoms with Crippen LogP contribution < -0.4 is 5.32 Å². The van der Waals surface area contributed by atoms with Crippen LogP contribution in [0.3, 0.4) is 0 Å². The molecule has 3 heteroatoms. The first kappa shape index (κ1) is 12.9. The minimum absolute atomic E-state index is 0.680. The van der Waals surface area contributed by atoms with E-state index in [9.17, 15) is 0 Å². The molecular formula is C12H26N2O. The number of morpholine rings is 1. The molecule has 0 aromatic carbocycles. The van der Waals surface area contributed by atoms with Crippen LogP contribution in [0.2, 0.25) is 0 Å². The summed E-state index contributed by atoms with van der Waals surface area (Å²) in [6.07, 6.45) is 3.82. The van der Waals surface area contributed by atoms with Crippen LogP contribution in [-0.2, 0) is 4.74 Å². The molecule has 0 aromatic heterocycles. The Labute approximate surface area is 94.2 Å². The summed E-state index contributed by atoms with van der Waals surface area (Å²) in [6.45, 7) is 11.0. The largest absolute Gasteiger partial charge is 0.379 e. The molecule has 3 nitrogen and oxygen atoms in total. The fraction of sp³-hybridized carbons (Fsp3) is 1.00. The van der Waals surface area contributed by atoms with Crippen molar-refractivity contribution in [3.8, 4) is 0 Å². The van der Waals surface area contributed by atoms with Crippen LogP contribution in [0.5, 0.6) is 0 Å². The molecule has 1 heterocycles. The van der Waals surface area contributed by atoms with Crippen LogP contribution in [0.15, 0.2) is 0 Å². The first-order chi connectivity index (χ1) is 7.33. The molecule has 0 bridgehead atoms. The minimum atomic E-state index is 0.680. The van der Waals surface area contributed by atoms with Gasteiger partial charge in [-0.3, -0.25) is 4.90 Å². The van der Waals surface area contributed by atoms with Crippen LogP contribution >= 0.6 is 0 Å². The molecule has 0 radical (unpaired) electrons. The number of nitrogens with zero attached hydrogens (tertiary/aromatic N) is 1. The number of hydrogen-bond donors (Lipinski definition) is 1. The van der Waals surface area contributed by atoms with Crippen molar-refractivity contribution in [3.63, 3.8) is 0 Å². The van der Waals surface area contributed by atoms with Crippen LogP contribution in [0, 0.1) is 0 Å². The number of hydrogen-bond acceptors (Lipinski definition) is 3. The molecule has 0 aromatic rings. The highest BCUT2D eigenvalue weighted by atomic mass is 16.5. The highest BCUT2D eigenvalue weighted by Gasteiger charge is 2.09. The van der Waals surface area contributed by atoms with Crippen molar-refractivity contribution in [1.82, 2.24) is 10.2 Å². The second kappa shape index (κ2) is 8.08. The van der Waals surface area contributed by atoms with E-state index in [1.165, 1.54) is 25.8 Å². The second-order valence-electron chi connectivity index (χ2n) is 4.45. The molecule has 1 atom stereocenters. The summed E-state index contributed by atoms with van der Waals surface area (Å²) < 4.78 is 5.32. The van der Waals surface area contributed by atoms with E-state index >= 15 is 0 Å². The van der Waals surface area contributed by atoms with E-state index in [4.69, 9.17) is 4.74 Å². The van der Waals surface area contributed by atoms with Gasteiger partial charge in [0.25, 0.3) is 0 Å². The maximum absolute atomic E-state index is 5.32. The maximum atomic E-state index is 5.32. The first-order valence-electron chi connectivity index (χ1n) is 6.36. The lowest BCUT2D eigenvalue weighted by Crippen LogP contribution is -2.38. The topological polar surface area (TPSA) is 24.5 Å². The predicted molar refractivity (Wildman–Crippen MR) is 64.2 cm³/mol. The van der Waals surface area contributed by atoms with Crippen LogP contribution in [0.25, 0.3) is 0 Å². The standard InChI is InChI=1S/C12H26N2O/c1-3-5-12(2)13-6-4-7-14-8-10-15-11-9-14/h12-13H,3-11H2,1-2H3/t12-/m0/s1. The third-order valence-corrected chi connectivity index (χ3v) is 2.97. The number of ether oxygens (including phenoxy) is 1. The SMILES string of the molecule is CCC[C@H](C)NCCCN1CCOCC1. The van der Waals surface area contributed by atoms with Crippen molar-refractivity contribution in [2.75, 3.05) is 39.4 Å². The molecule has 0 saturated carbocycles. The lowest BCUT2D eigenvalue weighted by molar-refractivity contribution is 0.0374. The Morgan fingerprint density at radius 2 is 2.07 bits per heavy atom. The molecule has 1 aliphatic rings. The third kappa shape index (κ3) is 6.13. The van der Waals surface area contributed by atoms with Gasteiger partial charge in [0.1, 0.15) is 0 Å². The zero-order valence-electron chi connectivity index (χ0n) is 10.3. The van der Waals surface area contributed by atoms with Crippen molar-refractivity contribution < 1.29 is 4.74 Å². The summed E-state index contributed by atoms with van der Waals surface area (Å²) in [5.74, 6) is 0. The van der Waals surface area contributed by atoms with Gasteiger partial charge in [0.2, 0.25) is 0 Å². The van der Waals surface area contributed by atoms with Gasteiger partial charge < -0.3 is 10.1 Å². The average molecular weight is 214 g/mol. The summed E-state index contributed by atoms with van der Waals surface area (Å²) >= 11 is 0. The zero-order chi connectivity index (χ0) is 10.9. The third-order valence-electron chi connectivity index (χ3n) is 2.97. The highest BCUT2D eigenvalue weighted by Crippen LogP contribution is 1.98. The van der Waals surface area contributed by atoms with Crippen LogP contribution in [0.4, 0.5) is 0 Å². The summed E-state index contributed by atoms with van der Waals surface area (Å²) in [5.41, 5.74) is 0. The minimum Gasteiger partial charge on any atom is -0.379 e. The van der Waals surface area contributed by atoms with E-state index < -0.39 is 0 Å². The van der Waals surface area contributed by atoms with E-state index in [2.05, 4.69) is 24.1 Å². The molecule has 1 N–H and O–H groups in total. The van der Waals surface area contributed by atoms with Gasteiger partial charge in [-0.05, 0) is 32.9 Å². The van der Waals surface area contributed by atoms with Gasteiger partial charge in [-0.15, -0.1) is 0 Å². The molecule has 90 valence electrons. The Kier molecular flexibility index (Phi) is 6.98.